The molecule has 0 spiro atoms. The molecule has 4 rings (SSSR count). The standard InChI is InChI=1S/C17H21N5O2/c18-17(9-5-10-17)15-20-14(24-21-15)13-8-4-11-22(13)16(23)19-12-6-2-1-3-7-12/h1-3,6-7,13H,4-5,8-11,18H2,(H,19,23). The zero-order valence-electron chi connectivity index (χ0n) is 13.4. The predicted molar refractivity (Wildman–Crippen MR) is 88.2 cm³/mol. The van der Waals surface area contributed by atoms with Gasteiger partial charge in [0, 0.05) is 12.2 Å². The monoisotopic (exact) mass is 327 g/mol. The first-order chi connectivity index (χ1) is 11.7. The Bertz CT molecular complexity index is 726. The number of nitrogens with two attached hydrogens (primary N) is 1. The summed E-state index contributed by atoms with van der Waals surface area (Å²) in [5.41, 5.74) is 6.58. The van der Waals surface area contributed by atoms with Crippen LogP contribution in [0.4, 0.5) is 10.5 Å². The molecule has 126 valence electrons. The Labute approximate surface area is 140 Å². The number of para-hydroxylation sites is 1. The minimum absolute atomic E-state index is 0.144. The van der Waals surface area contributed by atoms with Gasteiger partial charge < -0.3 is 20.5 Å². The maximum Gasteiger partial charge on any atom is 0.322 e. The lowest BCUT2D eigenvalue weighted by atomic mass is 9.77. The van der Waals surface area contributed by atoms with Crippen LogP contribution in [0.25, 0.3) is 0 Å². The molecule has 1 atom stereocenters. The molecule has 7 nitrogen and oxygen atoms in total. The van der Waals surface area contributed by atoms with Gasteiger partial charge in [0.1, 0.15) is 6.04 Å². The number of hydrogen-bond acceptors (Lipinski definition) is 5. The molecule has 0 radical (unpaired) electrons. The summed E-state index contributed by atoms with van der Waals surface area (Å²) in [6.07, 6.45) is 4.60. The topological polar surface area (TPSA) is 97.3 Å². The van der Waals surface area contributed by atoms with Crippen molar-refractivity contribution in [2.75, 3.05) is 11.9 Å². The van der Waals surface area contributed by atoms with Gasteiger partial charge in [-0.1, -0.05) is 23.4 Å². The highest BCUT2D eigenvalue weighted by molar-refractivity contribution is 5.89. The molecule has 2 heterocycles. The zero-order chi connectivity index (χ0) is 16.6. The number of carbonyl (C=O) groups excluding carboxylic acids is 1. The number of amides is 2. The quantitative estimate of drug-likeness (QED) is 0.903. The predicted octanol–water partition coefficient (Wildman–Crippen LogP) is 2.78. The van der Waals surface area contributed by atoms with Crippen molar-refractivity contribution in [2.24, 2.45) is 5.73 Å². The van der Waals surface area contributed by atoms with E-state index in [1.54, 1.807) is 4.90 Å². The van der Waals surface area contributed by atoms with E-state index in [0.717, 1.165) is 37.8 Å². The Hall–Kier alpha value is -2.41. The van der Waals surface area contributed by atoms with Crippen molar-refractivity contribution < 1.29 is 9.32 Å². The molecule has 2 aromatic rings. The number of nitrogens with one attached hydrogen (secondary N) is 1. The Balaban J connectivity index is 1.49. The Morgan fingerprint density at radius 2 is 2.08 bits per heavy atom. The highest BCUT2D eigenvalue weighted by Crippen LogP contribution is 2.38. The molecule has 2 aliphatic rings. The van der Waals surface area contributed by atoms with E-state index in [4.69, 9.17) is 10.3 Å². The lowest BCUT2D eigenvalue weighted by Crippen LogP contribution is -2.44. The van der Waals surface area contributed by atoms with Gasteiger partial charge in [-0.05, 0) is 44.2 Å². The summed E-state index contributed by atoms with van der Waals surface area (Å²) < 4.78 is 5.44. The van der Waals surface area contributed by atoms with Crippen LogP contribution in [0.2, 0.25) is 0 Å². The number of carbonyl (C=O) groups is 1. The van der Waals surface area contributed by atoms with Gasteiger partial charge in [0.05, 0.1) is 5.54 Å². The third-order valence-electron chi connectivity index (χ3n) is 4.96. The normalized spacial score (nSPS) is 22.2. The molecule has 1 aliphatic heterocycles. The van der Waals surface area contributed by atoms with E-state index in [0.29, 0.717) is 18.3 Å². The van der Waals surface area contributed by atoms with Gasteiger partial charge in [-0.25, -0.2) is 4.79 Å². The van der Waals surface area contributed by atoms with Crippen LogP contribution in [-0.2, 0) is 5.54 Å². The molecule has 7 heteroatoms. The van der Waals surface area contributed by atoms with Crippen molar-refractivity contribution in [3.8, 4) is 0 Å². The van der Waals surface area contributed by atoms with Crippen molar-refractivity contribution >= 4 is 11.7 Å². The Kier molecular flexibility index (Phi) is 3.72. The number of rotatable bonds is 3. The van der Waals surface area contributed by atoms with E-state index in [9.17, 15) is 4.79 Å². The van der Waals surface area contributed by atoms with Crippen molar-refractivity contribution in [1.82, 2.24) is 15.0 Å². The smallest absolute Gasteiger partial charge is 0.322 e. The molecule has 1 saturated heterocycles. The molecule has 24 heavy (non-hydrogen) atoms. The highest BCUT2D eigenvalue weighted by atomic mass is 16.5. The van der Waals surface area contributed by atoms with E-state index in [-0.39, 0.29) is 12.1 Å². The summed E-state index contributed by atoms with van der Waals surface area (Å²) in [7, 11) is 0. The first-order valence-electron chi connectivity index (χ1n) is 8.41. The second kappa shape index (κ2) is 5.90. The minimum Gasteiger partial charge on any atom is -0.337 e. The van der Waals surface area contributed by atoms with Crippen LogP contribution < -0.4 is 11.1 Å². The summed E-state index contributed by atoms with van der Waals surface area (Å²) in [5.74, 6) is 1.06. The summed E-state index contributed by atoms with van der Waals surface area (Å²) >= 11 is 0. The minimum atomic E-state index is -0.447. The number of likely N-dealkylation sites (tertiary alicyclic amines) is 1. The molecule has 1 aromatic carbocycles. The molecule has 1 aromatic heterocycles. The summed E-state index contributed by atoms with van der Waals surface area (Å²) in [6.45, 7) is 0.675. The van der Waals surface area contributed by atoms with Crippen LogP contribution in [0.1, 0.15) is 49.9 Å². The second-order valence-electron chi connectivity index (χ2n) is 6.61. The highest BCUT2D eigenvalue weighted by Gasteiger charge is 2.41. The molecule has 2 amide bonds. The fourth-order valence-electron chi connectivity index (χ4n) is 3.34. The van der Waals surface area contributed by atoms with Crippen LogP contribution >= 0.6 is 0 Å². The average Bonchev–Trinajstić information content (AvgIpc) is 3.22. The van der Waals surface area contributed by atoms with E-state index in [1.165, 1.54) is 0 Å². The third kappa shape index (κ3) is 2.65. The number of aromatic nitrogens is 2. The van der Waals surface area contributed by atoms with Crippen LogP contribution in [0, 0.1) is 0 Å². The van der Waals surface area contributed by atoms with Gasteiger partial charge in [0.2, 0.25) is 5.89 Å². The Morgan fingerprint density at radius 3 is 2.79 bits per heavy atom. The van der Waals surface area contributed by atoms with Gasteiger partial charge in [-0.2, -0.15) is 4.98 Å². The van der Waals surface area contributed by atoms with E-state index >= 15 is 0 Å². The van der Waals surface area contributed by atoms with Crippen LogP contribution in [0.3, 0.4) is 0 Å². The number of nitrogens with zero attached hydrogens (tertiary/aromatic N) is 3. The summed E-state index contributed by atoms with van der Waals surface area (Å²) in [5, 5.41) is 6.98. The van der Waals surface area contributed by atoms with E-state index in [1.807, 2.05) is 30.3 Å². The van der Waals surface area contributed by atoms with Gasteiger partial charge in [0.25, 0.3) is 0 Å². The first kappa shape index (κ1) is 15.1. The van der Waals surface area contributed by atoms with Crippen molar-refractivity contribution in [3.63, 3.8) is 0 Å². The maximum atomic E-state index is 12.6. The second-order valence-corrected chi connectivity index (χ2v) is 6.61. The molecule has 1 saturated carbocycles. The lowest BCUT2D eigenvalue weighted by Gasteiger charge is -2.34. The van der Waals surface area contributed by atoms with Crippen molar-refractivity contribution in [1.29, 1.82) is 0 Å². The lowest BCUT2D eigenvalue weighted by molar-refractivity contribution is 0.192. The number of urea groups is 1. The van der Waals surface area contributed by atoms with E-state index < -0.39 is 5.54 Å². The third-order valence-corrected chi connectivity index (χ3v) is 4.96. The Morgan fingerprint density at radius 1 is 1.29 bits per heavy atom. The summed E-state index contributed by atoms with van der Waals surface area (Å²) in [4.78, 5) is 18.8. The van der Waals surface area contributed by atoms with Gasteiger partial charge >= 0.3 is 6.03 Å². The van der Waals surface area contributed by atoms with Crippen LogP contribution in [0.5, 0.6) is 0 Å². The summed E-state index contributed by atoms with van der Waals surface area (Å²) in [6, 6.07) is 9.09. The fraction of sp³-hybridized carbons (Fsp3) is 0.471. The first-order valence-corrected chi connectivity index (χ1v) is 8.41. The van der Waals surface area contributed by atoms with Crippen LogP contribution in [0.15, 0.2) is 34.9 Å². The van der Waals surface area contributed by atoms with Crippen molar-refractivity contribution in [2.45, 2.75) is 43.7 Å². The maximum absolute atomic E-state index is 12.6. The fourth-order valence-corrected chi connectivity index (χ4v) is 3.34. The van der Waals surface area contributed by atoms with Gasteiger partial charge in [-0.3, -0.25) is 0 Å². The zero-order valence-corrected chi connectivity index (χ0v) is 13.4. The largest absolute Gasteiger partial charge is 0.337 e. The molecule has 1 aliphatic carbocycles. The van der Waals surface area contributed by atoms with Crippen LogP contribution in [-0.4, -0.2) is 27.6 Å². The number of anilines is 1. The molecular formula is C17H21N5O2. The molecule has 2 fully saturated rings. The molecule has 1 unspecified atom stereocenters. The van der Waals surface area contributed by atoms with Gasteiger partial charge in [-0.15, -0.1) is 0 Å². The molecule has 0 bridgehead atoms. The SMILES string of the molecule is NC1(c2noc(C3CCCN3C(=O)Nc3ccccc3)n2)CCC1. The molecule has 3 N–H and O–H groups in total. The number of benzene rings is 1. The average molecular weight is 327 g/mol. The van der Waals surface area contributed by atoms with E-state index in [2.05, 4.69) is 15.5 Å². The van der Waals surface area contributed by atoms with Crippen molar-refractivity contribution in [3.05, 3.63) is 42.0 Å². The van der Waals surface area contributed by atoms with Gasteiger partial charge in [0.15, 0.2) is 5.82 Å². The number of hydrogen-bond donors (Lipinski definition) is 2. The molecular weight excluding hydrogens is 306 g/mol.